The van der Waals surface area contributed by atoms with Crippen LogP contribution in [0.15, 0.2) is 48.5 Å². The third-order valence-electron chi connectivity index (χ3n) is 4.64. The van der Waals surface area contributed by atoms with Gasteiger partial charge in [0.1, 0.15) is 5.75 Å². The van der Waals surface area contributed by atoms with Crippen LogP contribution in [0.2, 0.25) is 0 Å². The maximum absolute atomic E-state index is 12.4. The van der Waals surface area contributed by atoms with Crippen molar-refractivity contribution >= 4 is 5.91 Å². The predicted octanol–water partition coefficient (Wildman–Crippen LogP) is 3.30. The Labute approximate surface area is 160 Å². The van der Waals surface area contributed by atoms with Crippen molar-refractivity contribution < 1.29 is 19.4 Å². The number of phenolic OH excluding ortho intramolecular Hbond substituents is 1. The number of carbonyl (C=O) groups excluding carboxylic acids is 1. The van der Waals surface area contributed by atoms with E-state index in [1.54, 1.807) is 12.1 Å². The molecule has 27 heavy (non-hydrogen) atoms. The molecular formula is C22H27NO4. The molecule has 3 rings (SSSR count). The molecule has 2 aromatic carbocycles. The summed E-state index contributed by atoms with van der Waals surface area (Å²) in [7, 11) is 0. The SMILES string of the molecule is O=C(NCCCOCC1CCCO1)c1cc(Cc2ccccc2)ccc1O. The fourth-order valence-electron chi connectivity index (χ4n) is 3.17. The third kappa shape index (κ3) is 6.08. The first-order valence-corrected chi connectivity index (χ1v) is 9.56. The highest BCUT2D eigenvalue weighted by molar-refractivity contribution is 5.97. The molecule has 2 aromatic rings. The van der Waals surface area contributed by atoms with Gasteiger partial charge in [-0.25, -0.2) is 0 Å². The van der Waals surface area contributed by atoms with Gasteiger partial charge in [0.05, 0.1) is 18.3 Å². The Morgan fingerprint density at radius 2 is 2.04 bits per heavy atom. The summed E-state index contributed by atoms with van der Waals surface area (Å²) in [6, 6.07) is 15.2. The minimum absolute atomic E-state index is 0.000978. The highest BCUT2D eigenvalue weighted by atomic mass is 16.5. The van der Waals surface area contributed by atoms with Gasteiger partial charge in [-0.3, -0.25) is 4.79 Å². The summed E-state index contributed by atoms with van der Waals surface area (Å²) in [5.41, 5.74) is 2.46. The van der Waals surface area contributed by atoms with E-state index in [2.05, 4.69) is 5.32 Å². The molecule has 0 aliphatic carbocycles. The molecule has 1 aliphatic rings. The van der Waals surface area contributed by atoms with Gasteiger partial charge in [-0.1, -0.05) is 36.4 Å². The van der Waals surface area contributed by atoms with E-state index >= 15 is 0 Å². The van der Waals surface area contributed by atoms with Crippen molar-refractivity contribution in [2.75, 3.05) is 26.4 Å². The Kier molecular flexibility index (Phi) is 7.25. The molecule has 5 heteroatoms. The molecule has 1 unspecified atom stereocenters. The first-order valence-electron chi connectivity index (χ1n) is 9.56. The van der Waals surface area contributed by atoms with Crippen molar-refractivity contribution in [3.63, 3.8) is 0 Å². The standard InChI is InChI=1S/C22H27NO4/c24-21-10-9-18(14-17-6-2-1-3-7-17)15-20(21)22(25)23-11-5-12-26-16-19-8-4-13-27-19/h1-3,6-7,9-10,15,19,24H,4-5,8,11-14,16H2,(H,23,25). The summed E-state index contributed by atoms with van der Waals surface area (Å²) in [4.78, 5) is 12.4. The molecule has 1 atom stereocenters. The second kappa shape index (κ2) is 10.1. The van der Waals surface area contributed by atoms with Crippen LogP contribution in [0.4, 0.5) is 0 Å². The lowest BCUT2D eigenvalue weighted by Gasteiger charge is -2.11. The summed E-state index contributed by atoms with van der Waals surface area (Å²) in [6.07, 6.45) is 3.84. The van der Waals surface area contributed by atoms with E-state index in [-0.39, 0.29) is 17.8 Å². The average Bonchev–Trinajstić information content (AvgIpc) is 3.20. The van der Waals surface area contributed by atoms with Gasteiger partial charge in [0.25, 0.3) is 5.91 Å². The van der Waals surface area contributed by atoms with E-state index in [9.17, 15) is 9.90 Å². The van der Waals surface area contributed by atoms with E-state index in [1.165, 1.54) is 0 Å². The van der Waals surface area contributed by atoms with Gasteiger partial charge >= 0.3 is 0 Å². The summed E-state index contributed by atoms with van der Waals surface area (Å²) < 4.78 is 11.1. The largest absolute Gasteiger partial charge is 0.507 e. The smallest absolute Gasteiger partial charge is 0.255 e. The molecule has 144 valence electrons. The van der Waals surface area contributed by atoms with Crippen molar-refractivity contribution in [2.24, 2.45) is 0 Å². The molecule has 2 N–H and O–H groups in total. The number of benzene rings is 2. The van der Waals surface area contributed by atoms with Gasteiger partial charge in [-0.05, 0) is 48.9 Å². The second-order valence-corrected chi connectivity index (χ2v) is 6.83. The zero-order chi connectivity index (χ0) is 18.9. The summed E-state index contributed by atoms with van der Waals surface area (Å²) in [5.74, 6) is -0.263. The second-order valence-electron chi connectivity index (χ2n) is 6.83. The van der Waals surface area contributed by atoms with Gasteiger partial charge < -0.3 is 19.9 Å². The fraction of sp³-hybridized carbons (Fsp3) is 0.409. The summed E-state index contributed by atoms with van der Waals surface area (Å²) in [5, 5.41) is 12.9. The van der Waals surface area contributed by atoms with Crippen LogP contribution in [0.5, 0.6) is 5.75 Å². The molecule has 0 saturated carbocycles. The number of hydrogen-bond donors (Lipinski definition) is 2. The first-order chi connectivity index (χ1) is 13.2. The third-order valence-corrected chi connectivity index (χ3v) is 4.64. The van der Waals surface area contributed by atoms with Gasteiger partial charge in [0.2, 0.25) is 0 Å². The first kappa shape index (κ1) is 19.4. The number of amides is 1. The predicted molar refractivity (Wildman–Crippen MR) is 104 cm³/mol. The Hall–Kier alpha value is -2.37. The Bertz CT molecular complexity index is 726. The molecule has 1 amide bonds. The van der Waals surface area contributed by atoms with Crippen molar-refractivity contribution in [2.45, 2.75) is 31.8 Å². The van der Waals surface area contributed by atoms with Crippen molar-refractivity contribution in [3.8, 4) is 5.75 Å². The topological polar surface area (TPSA) is 67.8 Å². The van der Waals surface area contributed by atoms with Crippen LogP contribution in [-0.2, 0) is 15.9 Å². The van der Waals surface area contributed by atoms with Crippen LogP contribution in [0.3, 0.4) is 0 Å². The quantitative estimate of drug-likeness (QED) is 0.666. The van der Waals surface area contributed by atoms with Crippen molar-refractivity contribution in [3.05, 3.63) is 65.2 Å². The zero-order valence-electron chi connectivity index (χ0n) is 15.5. The van der Waals surface area contributed by atoms with Crippen molar-refractivity contribution in [1.29, 1.82) is 0 Å². The molecule has 1 saturated heterocycles. The summed E-state index contributed by atoms with van der Waals surface area (Å²) in [6.45, 7) is 2.54. The van der Waals surface area contributed by atoms with Gasteiger partial charge in [0.15, 0.2) is 0 Å². The van der Waals surface area contributed by atoms with Gasteiger partial charge in [-0.2, -0.15) is 0 Å². The number of nitrogens with one attached hydrogen (secondary N) is 1. The normalized spacial score (nSPS) is 16.4. The Balaban J connectivity index is 1.43. The van der Waals surface area contributed by atoms with Crippen molar-refractivity contribution in [1.82, 2.24) is 5.32 Å². The van der Waals surface area contributed by atoms with Crippen LogP contribution in [0.25, 0.3) is 0 Å². The minimum Gasteiger partial charge on any atom is -0.507 e. The molecule has 0 spiro atoms. The number of aromatic hydroxyl groups is 1. The minimum atomic E-state index is -0.262. The van der Waals surface area contributed by atoms with Gasteiger partial charge in [-0.15, -0.1) is 0 Å². The molecule has 0 aromatic heterocycles. The molecule has 1 fully saturated rings. The Morgan fingerprint density at radius 3 is 2.81 bits per heavy atom. The number of ether oxygens (including phenoxy) is 2. The van der Waals surface area contributed by atoms with Crippen LogP contribution < -0.4 is 5.32 Å². The summed E-state index contributed by atoms with van der Waals surface area (Å²) >= 11 is 0. The lowest BCUT2D eigenvalue weighted by molar-refractivity contribution is 0.0166. The van der Waals surface area contributed by atoms with E-state index < -0.39 is 0 Å². The maximum atomic E-state index is 12.4. The molecular weight excluding hydrogens is 342 g/mol. The number of carbonyl (C=O) groups is 1. The molecule has 0 bridgehead atoms. The fourth-order valence-corrected chi connectivity index (χ4v) is 3.17. The van der Waals surface area contributed by atoms with E-state index in [1.807, 2.05) is 36.4 Å². The van der Waals surface area contributed by atoms with Crippen LogP contribution in [0, 0.1) is 0 Å². The van der Waals surface area contributed by atoms with Crippen LogP contribution in [0.1, 0.15) is 40.7 Å². The molecule has 5 nitrogen and oxygen atoms in total. The molecule has 1 heterocycles. The lowest BCUT2D eigenvalue weighted by Crippen LogP contribution is -2.26. The van der Waals surface area contributed by atoms with Crippen LogP contribution in [-0.4, -0.2) is 43.5 Å². The number of phenols is 1. The maximum Gasteiger partial charge on any atom is 0.255 e. The monoisotopic (exact) mass is 369 g/mol. The Morgan fingerprint density at radius 1 is 1.19 bits per heavy atom. The lowest BCUT2D eigenvalue weighted by atomic mass is 10.0. The highest BCUT2D eigenvalue weighted by Gasteiger charge is 2.15. The van der Waals surface area contributed by atoms with Crippen LogP contribution >= 0.6 is 0 Å². The number of hydrogen-bond acceptors (Lipinski definition) is 4. The molecule has 1 aliphatic heterocycles. The average molecular weight is 369 g/mol. The van der Waals surface area contributed by atoms with E-state index in [0.29, 0.717) is 25.3 Å². The highest BCUT2D eigenvalue weighted by Crippen LogP contribution is 2.20. The van der Waals surface area contributed by atoms with E-state index in [4.69, 9.17) is 9.47 Å². The van der Waals surface area contributed by atoms with E-state index in [0.717, 1.165) is 43.4 Å². The van der Waals surface area contributed by atoms with Gasteiger partial charge in [0, 0.05) is 19.8 Å². The number of rotatable bonds is 9. The molecule has 0 radical (unpaired) electrons. The zero-order valence-corrected chi connectivity index (χ0v) is 15.5.